The zero-order valence-electron chi connectivity index (χ0n) is 42.7. The van der Waals surface area contributed by atoms with Crippen LogP contribution in [0, 0.1) is 5.41 Å². The number of likely N-dealkylation sites (tertiary alicyclic amines) is 2. The number of amides is 9. The van der Waals surface area contributed by atoms with Crippen LogP contribution >= 0.6 is 21.6 Å². The first-order valence-corrected chi connectivity index (χ1v) is 28.0. The van der Waals surface area contributed by atoms with Gasteiger partial charge in [0.2, 0.25) is 53.2 Å². The molecule has 0 spiro atoms. The molecule has 0 unspecified atom stereocenters. The number of benzene rings is 2. The minimum absolute atomic E-state index is 0.0230. The van der Waals surface area contributed by atoms with Crippen molar-refractivity contribution in [1.82, 2.24) is 52.0 Å². The zero-order chi connectivity index (χ0) is 54.9. The van der Waals surface area contributed by atoms with E-state index in [-0.39, 0.29) is 87.2 Å². The van der Waals surface area contributed by atoms with E-state index in [1.807, 2.05) is 24.3 Å². The number of para-hydroxylation sites is 1. The van der Waals surface area contributed by atoms with Gasteiger partial charge in [-0.1, -0.05) is 70.1 Å². The lowest BCUT2D eigenvalue weighted by molar-refractivity contribution is -0.147. The molecule has 3 aliphatic rings. The number of ketones is 1. The van der Waals surface area contributed by atoms with E-state index in [0.29, 0.717) is 43.4 Å². The number of aromatic nitrogens is 1. The van der Waals surface area contributed by atoms with E-state index in [1.165, 1.54) is 45.2 Å². The molecule has 0 saturated carbocycles. The van der Waals surface area contributed by atoms with Crippen LogP contribution in [0.5, 0.6) is 0 Å². The molecule has 0 bridgehead atoms. The molecule has 0 aliphatic carbocycles. The van der Waals surface area contributed by atoms with Crippen molar-refractivity contribution in [3.05, 3.63) is 71.9 Å². The molecule has 8 atom stereocenters. The molecule has 0 radical (unpaired) electrons. The molecule has 13 N–H and O–H groups in total. The fourth-order valence-corrected chi connectivity index (χ4v) is 11.9. The summed E-state index contributed by atoms with van der Waals surface area (Å²) in [7, 11) is 2.42. The van der Waals surface area contributed by atoms with E-state index in [0.717, 1.165) is 10.9 Å². The number of hydrogen-bond acceptors (Lipinski definition) is 13. The van der Waals surface area contributed by atoms with Crippen molar-refractivity contribution in [1.29, 1.82) is 5.41 Å². The molecule has 9 amide bonds. The largest absolute Gasteiger partial charge is 0.370 e. The topological polar surface area (TPSA) is 353 Å². The molecule has 410 valence electrons. The second-order valence-corrected chi connectivity index (χ2v) is 21.8. The molecule has 3 aromatic rings. The lowest BCUT2D eigenvalue weighted by Gasteiger charge is -2.33. The van der Waals surface area contributed by atoms with Gasteiger partial charge in [-0.05, 0) is 75.5 Å². The van der Waals surface area contributed by atoms with Crippen molar-refractivity contribution < 1.29 is 47.9 Å². The summed E-state index contributed by atoms with van der Waals surface area (Å²) in [5.74, 6) is -6.58. The van der Waals surface area contributed by atoms with Gasteiger partial charge in [0.1, 0.15) is 42.3 Å². The Bertz CT molecular complexity index is 2620. The molecule has 76 heavy (non-hydrogen) atoms. The molecule has 1 aromatic heterocycles. The van der Waals surface area contributed by atoms with Crippen LogP contribution in [0.4, 0.5) is 0 Å². The summed E-state index contributed by atoms with van der Waals surface area (Å²) < 4.78 is 0. The van der Waals surface area contributed by atoms with Crippen LogP contribution in [0.2, 0.25) is 0 Å². The molecule has 25 heteroatoms. The van der Waals surface area contributed by atoms with Crippen molar-refractivity contribution in [3.8, 4) is 0 Å². The van der Waals surface area contributed by atoms with Gasteiger partial charge < -0.3 is 63.5 Å². The van der Waals surface area contributed by atoms with E-state index in [1.54, 1.807) is 36.5 Å². The number of hydrogen-bond donors (Lipinski definition) is 11. The van der Waals surface area contributed by atoms with Crippen molar-refractivity contribution in [2.75, 3.05) is 31.1 Å². The predicted octanol–water partition coefficient (Wildman–Crippen LogP) is -0.233. The summed E-state index contributed by atoms with van der Waals surface area (Å²) in [5, 5.41) is 27.6. The highest BCUT2D eigenvalue weighted by molar-refractivity contribution is 8.76. The summed E-state index contributed by atoms with van der Waals surface area (Å²) in [6.45, 7) is 3.34. The Labute approximate surface area is 448 Å². The average molecular weight is 1090 g/mol. The maximum Gasteiger partial charge on any atom is 0.246 e. The second-order valence-electron chi connectivity index (χ2n) is 19.2. The summed E-state index contributed by atoms with van der Waals surface area (Å²) in [6.07, 6.45) is 3.03. The number of primary amides is 1. The standard InChI is InChI=1S/C51H69N13O10S2/c1-29(65)41-16-9-22-63(41)50(74)42-17-10-23-64(42)49(73)40-28-76-75-24-20-37(57-30(2)66)46(70)59-36(18-19-43(52)67)45(69)60-38(25-31-11-4-3-5-12-31)47(71)58-35(15-8-21-55-51(53)54)44(68)61-39(48(72)62-40)26-32-27-56-34-14-7-6-13-33(32)34/h3-7,11-14,27,35-42,56H,8-10,15-26,28H2,1-2H3,(H2,52,67)(H,57,66)(H,58,71)(H,59,70)(H,60,69)(H,61,68)(H,62,72)(H4,53,54,55)/t35-,36-,37-,38+,39-,40-,41-,42-/m0/s1. The first-order valence-electron chi connectivity index (χ1n) is 25.5. The van der Waals surface area contributed by atoms with Crippen molar-refractivity contribution >= 4 is 97.4 Å². The van der Waals surface area contributed by atoms with Gasteiger partial charge in [-0.2, -0.15) is 0 Å². The number of fused-ring (bicyclic) bond motifs is 1. The second kappa shape index (κ2) is 28.1. The number of guanidine groups is 1. The molecule has 23 nitrogen and oxygen atoms in total. The summed E-state index contributed by atoms with van der Waals surface area (Å²) in [6, 6.07) is 6.50. The number of rotatable bonds is 15. The third-order valence-corrected chi connectivity index (χ3v) is 16.0. The third-order valence-electron chi connectivity index (χ3n) is 13.5. The first kappa shape index (κ1) is 58.1. The minimum atomic E-state index is -1.43. The van der Waals surface area contributed by atoms with Gasteiger partial charge in [-0.3, -0.25) is 53.4 Å². The Balaban J connectivity index is 1.39. The average Bonchev–Trinajstić information content (AvgIpc) is 4.18. The van der Waals surface area contributed by atoms with E-state index < -0.39 is 95.6 Å². The highest BCUT2D eigenvalue weighted by Crippen LogP contribution is 2.29. The van der Waals surface area contributed by atoms with Crippen LogP contribution in [0.15, 0.2) is 60.8 Å². The number of carbonyl (C=O) groups is 10. The molecule has 6 rings (SSSR count). The van der Waals surface area contributed by atoms with Gasteiger partial charge >= 0.3 is 0 Å². The van der Waals surface area contributed by atoms with Gasteiger partial charge in [-0.15, -0.1) is 0 Å². The Morgan fingerprint density at radius 1 is 0.684 bits per heavy atom. The lowest BCUT2D eigenvalue weighted by Crippen LogP contribution is -2.61. The summed E-state index contributed by atoms with van der Waals surface area (Å²) in [5.41, 5.74) is 13.0. The van der Waals surface area contributed by atoms with E-state index in [4.69, 9.17) is 16.9 Å². The fourth-order valence-electron chi connectivity index (χ4n) is 9.67. The molecular formula is C51H69N13O10S2. The quantitative estimate of drug-likeness (QED) is 0.0406. The molecule has 3 aliphatic heterocycles. The van der Waals surface area contributed by atoms with E-state index in [2.05, 4.69) is 42.2 Å². The smallest absolute Gasteiger partial charge is 0.246 e. The number of aromatic amines is 1. The van der Waals surface area contributed by atoms with Gasteiger partial charge in [0.25, 0.3) is 0 Å². The number of Topliss-reactive ketones (excluding diaryl/α,β-unsaturated/α-hetero) is 1. The van der Waals surface area contributed by atoms with Gasteiger partial charge in [0, 0.05) is 74.4 Å². The van der Waals surface area contributed by atoms with Gasteiger partial charge in [0.05, 0.1) is 6.04 Å². The van der Waals surface area contributed by atoms with Gasteiger partial charge in [0.15, 0.2) is 11.7 Å². The fraction of sp³-hybridized carbons (Fsp3) is 0.510. The Hall–Kier alpha value is -7.15. The number of H-pyrrole nitrogens is 1. The number of nitrogens with two attached hydrogens (primary N) is 2. The van der Waals surface area contributed by atoms with Crippen LogP contribution in [-0.2, 0) is 60.8 Å². The first-order chi connectivity index (χ1) is 36.4. The number of nitrogens with zero attached hydrogens (tertiary/aromatic N) is 2. The Kier molecular flexibility index (Phi) is 21.5. The molecule has 2 aromatic carbocycles. The number of nitrogens with one attached hydrogen (secondary N) is 9. The predicted molar refractivity (Wildman–Crippen MR) is 287 cm³/mol. The van der Waals surface area contributed by atoms with E-state index >= 15 is 0 Å². The summed E-state index contributed by atoms with van der Waals surface area (Å²) >= 11 is 0. The lowest BCUT2D eigenvalue weighted by atomic mass is 10.0. The van der Waals surface area contributed by atoms with Crippen LogP contribution in [-0.4, -0.2) is 159 Å². The number of carbonyl (C=O) groups excluding carboxylic acids is 10. The van der Waals surface area contributed by atoms with Crippen molar-refractivity contribution in [2.24, 2.45) is 11.5 Å². The Morgan fingerprint density at radius 2 is 1.28 bits per heavy atom. The van der Waals surface area contributed by atoms with Crippen molar-refractivity contribution in [3.63, 3.8) is 0 Å². The minimum Gasteiger partial charge on any atom is -0.370 e. The van der Waals surface area contributed by atoms with Crippen LogP contribution in [0.1, 0.15) is 82.8 Å². The maximum absolute atomic E-state index is 15.0. The highest BCUT2D eigenvalue weighted by Gasteiger charge is 2.43. The molecule has 4 heterocycles. The molecule has 3 fully saturated rings. The van der Waals surface area contributed by atoms with Crippen LogP contribution < -0.4 is 48.7 Å². The van der Waals surface area contributed by atoms with Gasteiger partial charge in [-0.25, -0.2) is 0 Å². The maximum atomic E-state index is 15.0. The van der Waals surface area contributed by atoms with Crippen LogP contribution in [0.25, 0.3) is 10.9 Å². The Morgan fingerprint density at radius 3 is 1.95 bits per heavy atom. The zero-order valence-corrected chi connectivity index (χ0v) is 44.3. The van der Waals surface area contributed by atoms with Crippen LogP contribution in [0.3, 0.4) is 0 Å². The SMILES string of the molecule is CC(=O)N[C@H]1CCSSC[C@@H](C(=O)N2CCC[C@H]2C(=O)N2CCC[C@H]2C(C)=O)NC(=O)[C@H](Cc2c[nH]c3ccccc23)NC(=O)[C@H](CCCNC(=N)N)NC(=O)[C@@H](Cc2ccccc2)NC(=O)[C@H](CCC(N)=O)NC1=O. The molecular weight excluding hydrogens is 1020 g/mol. The van der Waals surface area contributed by atoms with E-state index in [9.17, 15) is 47.9 Å². The monoisotopic (exact) mass is 1090 g/mol. The normalized spacial score (nSPS) is 24.5. The molecule has 3 saturated heterocycles. The highest BCUT2D eigenvalue weighted by atomic mass is 33.1. The summed E-state index contributed by atoms with van der Waals surface area (Å²) in [4.78, 5) is 145. The van der Waals surface area contributed by atoms with Crippen molar-refractivity contribution in [2.45, 2.75) is 133 Å². The third kappa shape index (κ3) is 16.4.